The van der Waals surface area contributed by atoms with Crippen LogP contribution >= 0.6 is 27.5 Å². The predicted octanol–water partition coefficient (Wildman–Crippen LogP) is 3.88. The monoisotopic (exact) mass is 361 g/mol. The second kappa shape index (κ2) is 6.56. The SMILES string of the molecule is O=C(c1c(F)cccc1Cl)N(CCBr)CC(F)(F)F. The summed E-state index contributed by atoms with van der Waals surface area (Å²) in [6.07, 6.45) is -4.56. The summed E-state index contributed by atoms with van der Waals surface area (Å²) in [7, 11) is 0. The molecule has 0 bridgehead atoms. The highest BCUT2D eigenvalue weighted by atomic mass is 79.9. The molecule has 8 heteroatoms. The second-order valence-corrected chi connectivity index (χ2v) is 4.83. The summed E-state index contributed by atoms with van der Waals surface area (Å²) in [6, 6.07) is 3.49. The molecule has 1 amide bonds. The van der Waals surface area contributed by atoms with Gasteiger partial charge in [0.25, 0.3) is 5.91 Å². The lowest BCUT2D eigenvalue weighted by atomic mass is 10.2. The number of benzene rings is 1. The van der Waals surface area contributed by atoms with Crippen molar-refractivity contribution in [2.75, 3.05) is 18.4 Å². The summed E-state index contributed by atoms with van der Waals surface area (Å²) in [6.45, 7) is -1.66. The van der Waals surface area contributed by atoms with E-state index in [1.54, 1.807) is 0 Å². The number of carbonyl (C=O) groups excluding carboxylic acids is 1. The number of nitrogens with zero attached hydrogens (tertiary/aromatic N) is 1. The fraction of sp³-hybridized carbons (Fsp3) is 0.364. The lowest BCUT2D eigenvalue weighted by Gasteiger charge is -2.23. The Labute approximate surface area is 120 Å². The molecule has 0 aliphatic heterocycles. The number of amides is 1. The lowest BCUT2D eigenvalue weighted by Crippen LogP contribution is -2.40. The maximum absolute atomic E-state index is 13.5. The van der Waals surface area contributed by atoms with Crippen LogP contribution in [0.4, 0.5) is 17.6 Å². The molecule has 0 spiro atoms. The third-order valence-corrected chi connectivity index (χ3v) is 2.86. The number of carbonyl (C=O) groups is 1. The average Bonchev–Trinajstić information content (AvgIpc) is 2.26. The Morgan fingerprint density at radius 3 is 2.47 bits per heavy atom. The highest BCUT2D eigenvalue weighted by molar-refractivity contribution is 9.09. The third kappa shape index (κ3) is 4.65. The fourth-order valence-electron chi connectivity index (χ4n) is 1.43. The standard InChI is InChI=1S/C11H9BrClF4NO/c12-4-5-18(6-11(15,16)17)10(19)9-7(13)2-1-3-8(9)14/h1-3H,4-6H2. The molecule has 0 aliphatic carbocycles. The van der Waals surface area contributed by atoms with Crippen LogP contribution in [0.5, 0.6) is 0 Å². The summed E-state index contributed by atoms with van der Waals surface area (Å²) in [5.74, 6) is -2.03. The Balaban J connectivity index is 3.06. The zero-order valence-corrected chi connectivity index (χ0v) is 11.8. The molecule has 19 heavy (non-hydrogen) atoms. The van der Waals surface area contributed by atoms with Crippen molar-refractivity contribution in [2.24, 2.45) is 0 Å². The van der Waals surface area contributed by atoms with Crippen molar-refractivity contribution in [1.82, 2.24) is 4.90 Å². The highest BCUT2D eigenvalue weighted by Gasteiger charge is 2.34. The Kier molecular flexibility index (Phi) is 5.61. The van der Waals surface area contributed by atoms with E-state index in [-0.39, 0.29) is 16.9 Å². The van der Waals surface area contributed by atoms with Gasteiger partial charge in [-0.05, 0) is 12.1 Å². The van der Waals surface area contributed by atoms with E-state index in [4.69, 9.17) is 11.6 Å². The first-order chi connectivity index (χ1) is 8.76. The van der Waals surface area contributed by atoms with Gasteiger partial charge in [-0.1, -0.05) is 33.6 Å². The number of halogens is 6. The van der Waals surface area contributed by atoms with Crippen molar-refractivity contribution in [2.45, 2.75) is 6.18 Å². The van der Waals surface area contributed by atoms with Gasteiger partial charge in [-0.2, -0.15) is 13.2 Å². The molecule has 0 fully saturated rings. The van der Waals surface area contributed by atoms with E-state index in [9.17, 15) is 22.4 Å². The first-order valence-electron chi connectivity index (χ1n) is 5.12. The van der Waals surface area contributed by atoms with Gasteiger partial charge >= 0.3 is 6.18 Å². The van der Waals surface area contributed by atoms with Gasteiger partial charge in [0.2, 0.25) is 0 Å². The van der Waals surface area contributed by atoms with E-state index >= 15 is 0 Å². The number of rotatable bonds is 4. The van der Waals surface area contributed by atoms with Crippen LogP contribution in [-0.4, -0.2) is 35.4 Å². The van der Waals surface area contributed by atoms with Crippen molar-refractivity contribution >= 4 is 33.4 Å². The van der Waals surface area contributed by atoms with Gasteiger partial charge in [-0.3, -0.25) is 4.79 Å². The molecule has 0 aromatic heterocycles. The lowest BCUT2D eigenvalue weighted by molar-refractivity contribution is -0.140. The van der Waals surface area contributed by atoms with Crippen molar-refractivity contribution in [3.8, 4) is 0 Å². The predicted molar refractivity (Wildman–Crippen MR) is 67.2 cm³/mol. The molecule has 0 radical (unpaired) electrons. The smallest absolute Gasteiger partial charge is 0.329 e. The second-order valence-electron chi connectivity index (χ2n) is 3.63. The largest absolute Gasteiger partial charge is 0.406 e. The van der Waals surface area contributed by atoms with Crippen LogP contribution in [0.15, 0.2) is 18.2 Å². The van der Waals surface area contributed by atoms with Crippen LogP contribution in [0.3, 0.4) is 0 Å². The minimum Gasteiger partial charge on any atom is -0.329 e. The molecule has 2 nitrogen and oxygen atoms in total. The summed E-state index contributed by atoms with van der Waals surface area (Å²) in [5.41, 5.74) is -0.547. The Hall–Kier alpha value is -0.820. The number of hydrogen-bond acceptors (Lipinski definition) is 1. The highest BCUT2D eigenvalue weighted by Crippen LogP contribution is 2.23. The summed E-state index contributed by atoms with van der Waals surface area (Å²) < 4.78 is 50.6. The van der Waals surface area contributed by atoms with Crippen LogP contribution in [0.25, 0.3) is 0 Å². The van der Waals surface area contributed by atoms with E-state index in [2.05, 4.69) is 15.9 Å². The van der Waals surface area contributed by atoms with E-state index in [0.29, 0.717) is 4.90 Å². The number of alkyl halides is 4. The average molecular weight is 363 g/mol. The van der Waals surface area contributed by atoms with Crippen LogP contribution < -0.4 is 0 Å². The van der Waals surface area contributed by atoms with Gasteiger partial charge in [0.15, 0.2) is 0 Å². The molecule has 0 aliphatic rings. The van der Waals surface area contributed by atoms with E-state index in [1.807, 2.05) is 0 Å². The molecule has 1 aromatic rings. The van der Waals surface area contributed by atoms with E-state index < -0.39 is 30.0 Å². The van der Waals surface area contributed by atoms with Gasteiger partial charge in [0.05, 0.1) is 10.6 Å². The van der Waals surface area contributed by atoms with E-state index in [1.165, 1.54) is 12.1 Å². The topological polar surface area (TPSA) is 20.3 Å². The molecule has 0 N–H and O–H groups in total. The first-order valence-corrected chi connectivity index (χ1v) is 6.62. The molecule has 0 heterocycles. The van der Waals surface area contributed by atoms with E-state index in [0.717, 1.165) is 6.07 Å². The van der Waals surface area contributed by atoms with Crippen molar-refractivity contribution in [1.29, 1.82) is 0 Å². The molecule has 0 atom stereocenters. The third-order valence-electron chi connectivity index (χ3n) is 2.19. The molecular formula is C11H9BrClF4NO. The maximum Gasteiger partial charge on any atom is 0.406 e. The summed E-state index contributed by atoms with van der Waals surface area (Å²) >= 11 is 8.61. The van der Waals surface area contributed by atoms with Crippen LogP contribution in [0.1, 0.15) is 10.4 Å². The number of hydrogen-bond donors (Lipinski definition) is 0. The normalized spacial score (nSPS) is 11.5. The molecule has 1 aromatic carbocycles. The van der Waals surface area contributed by atoms with Gasteiger partial charge in [0.1, 0.15) is 12.4 Å². The van der Waals surface area contributed by atoms with Crippen LogP contribution in [-0.2, 0) is 0 Å². The Morgan fingerprint density at radius 2 is 2.00 bits per heavy atom. The zero-order chi connectivity index (χ0) is 14.6. The van der Waals surface area contributed by atoms with Crippen molar-refractivity contribution in [3.05, 3.63) is 34.6 Å². The van der Waals surface area contributed by atoms with Crippen LogP contribution in [0, 0.1) is 5.82 Å². The minimum atomic E-state index is -4.56. The Bertz CT molecular complexity index is 446. The van der Waals surface area contributed by atoms with Gasteiger partial charge < -0.3 is 4.90 Å². The van der Waals surface area contributed by atoms with Crippen molar-refractivity contribution < 1.29 is 22.4 Å². The molecule has 0 saturated heterocycles. The molecule has 106 valence electrons. The quantitative estimate of drug-likeness (QED) is 0.588. The molecular weight excluding hydrogens is 353 g/mol. The first kappa shape index (κ1) is 16.2. The van der Waals surface area contributed by atoms with Crippen LogP contribution in [0.2, 0.25) is 5.02 Å². The summed E-state index contributed by atoms with van der Waals surface area (Å²) in [5, 5.41) is -0.0762. The van der Waals surface area contributed by atoms with Gasteiger partial charge in [-0.25, -0.2) is 4.39 Å². The zero-order valence-electron chi connectivity index (χ0n) is 9.48. The maximum atomic E-state index is 13.5. The van der Waals surface area contributed by atoms with Gasteiger partial charge in [0, 0.05) is 11.9 Å². The molecule has 0 unspecified atom stereocenters. The minimum absolute atomic E-state index is 0.140. The summed E-state index contributed by atoms with van der Waals surface area (Å²) in [4.78, 5) is 12.4. The molecule has 0 saturated carbocycles. The van der Waals surface area contributed by atoms with Crippen molar-refractivity contribution in [3.63, 3.8) is 0 Å². The fourth-order valence-corrected chi connectivity index (χ4v) is 2.10. The van der Waals surface area contributed by atoms with Gasteiger partial charge in [-0.15, -0.1) is 0 Å². The molecule has 1 rings (SSSR count). The Morgan fingerprint density at radius 1 is 1.37 bits per heavy atom.